The topological polar surface area (TPSA) is 46.0 Å². The predicted octanol–water partition coefficient (Wildman–Crippen LogP) is 3.58. The predicted molar refractivity (Wildman–Crippen MR) is 72.4 cm³/mol. The lowest BCUT2D eigenvalue weighted by Gasteiger charge is -2.03. The van der Waals surface area contributed by atoms with Crippen LogP contribution < -0.4 is 0 Å². The first-order chi connectivity index (χ1) is 8.83. The highest BCUT2D eigenvalue weighted by atomic mass is 32.1. The molecule has 0 aliphatic heterocycles. The van der Waals surface area contributed by atoms with Gasteiger partial charge < -0.3 is 5.11 Å². The summed E-state index contributed by atoms with van der Waals surface area (Å²) in [7, 11) is 0. The molecule has 2 aromatic heterocycles. The van der Waals surface area contributed by atoms with Crippen LogP contribution in [0, 0.1) is 0 Å². The molecule has 0 fully saturated rings. The largest absolute Gasteiger partial charge is 0.508 e. The lowest BCUT2D eigenvalue weighted by Crippen LogP contribution is -1.88. The van der Waals surface area contributed by atoms with E-state index in [2.05, 4.69) is 9.97 Å². The number of aromatic hydroxyl groups is 1. The zero-order valence-electron chi connectivity index (χ0n) is 9.45. The molecule has 0 bridgehead atoms. The Labute approximate surface area is 108 Å². The molecule has 0 amide bonds. The van der Waals surface area contributed by atoms with Gasteiger partial charge in [-0.25, -0.2) is 4.98 Å². The first-order valence-corrected chi connectivity index (χ1v) is 6.36. The van der Waals surface area contributed by atoms with Gasteiger partial charge in [0.15, 0.2) is 0 Å². The Morgan fingerprint density at radius 3 is 2.67 bits per heavy atom. The van der Waals surface area contributed by atoms with E-state index in [-0.39, 0.29) is 5.75 Å². The maximum atomic E-state index is 9.48. The van der Waals surface area contributed by atoms with E-state index in [9.17, 15) is 5.11 Å². The molecule has 3 aromatic rings. The summed E-state index contributed by atoms with van der Waals surface area (Å²) in [6, 6.07) is 11.0. The van der Waals surface area contributed by atoms with Crippen molar-refractivity contribution < 1.29 is 5.11 Å². The molecular formula is C14H10N2OS. The molecule has 2 heterocycles. The smallest absolute Gasteiger partial charge is 0.116 e. The van der Waals surface area contributed by atoms with Gasteiger partial charge in [-0.3, -0.25) is 4.98 Å². The fourth-order valence-electron chi connectivity index (χ4n) is 1.71. The quantitative estimate of drug-likeness (QED) is 0.760. The lowest BCUT2D eigenvalue weighted by atomic mass is 10.1. The van der Waals surface area contributed by atoms with Gasteiger partial charge in [-0.2, -0.15) is 0 Å². The third kappa shape index (κ3) is 2.10. The maximum absolute atomic E-state index is 9.48. The zero-order chi connectivity index (χ0) is 12.4. The molecule has 3 rings (SSSR count). The van der Waals surface area contributed by atoms with Crippen molar-refractivity contribution in [3.05, 3.63) is 54.2 Å². The van der Waals surface area contributed by atoms with Gasteiger partial charge in [0.1, 0.15) is 5.75 Å². The molecule has 1 N–H and O–H groups in total. The van der Waals surface area contributed by atoms with E-state index >= 15 is 0 Å². The number of benzene rings is 1. The van der Waals surface area contributed by atoms with Crippen molar-refractivity contribution in [1.29, 1.82) is 0 Å². The van der Waals surface area contributed by atoms with Crippen molar-refractivity contribution in [2.45, 2.75) is 0 Å². The van der Waals surface area contributed by atoms with E-state index in [0.717, 1.165) is 21.8 Å². The van der Waals surface area contributed by atoms with Crippen molar-refractivity contribution in [3.8, 4) is 27.6 Å². The molecule has 3 nitrogen and oxygen atoms in total. The second-order valence-corrected chi connectivity index (χ2v) is 4.76. The minimum atomic E-state index is 0.232. The van der Waals surface area contributed by atoms with Gasteiger partial charge >= 0.3 is 0 Å². The van der Waals surface area contributed by atoms with Crippen LogP contribution in [0.3, 0.4) is 0 Å². The molecule has 0 spiro atoms. The van der Waals surface area contributed by atoms with Crippen molar-refractivity contribution in [2.24, 2.45) is 0 Å². The molecular weight excluding hydrogens is 244 g/mol. The van der Waals surface area contributed by atoms with Crippen molar-refractivity contribution in [1.82, 2.24) is 9.97 Å². The molecule has 88 valence electrons. The average Bonchev–Trinajstić information content (AvgIpc) is 2.93. The van der Waals surface area contributed by atoms with Crippen LogP contribution in [-0.4, -0.2) is 15.1 Å². The summed E-state index contributed by atoms with van der Waals surface area (Å²) in [6.07, 6.45) is 3.45. The molecule has 0 aliphatic rings. The molecule has 0 unspecified atom stereocenters. The number of nitrogens with zero attached hydrogens (tertiary/aromatic N) is 2. The Hall–Kier alpha value is -2.20. The minimum Gasteiger partial charge on any atom is -0.508 e. The van der Waals surface area contributed by atoms with Gasteiger partial charge in [0.2, 0.25) is 0 Å². The summed E-state index contributed by atoms with van der Waals surface area (Å²) in [5.41, 5.74) is 2.48. The Kier molecular flexibility index (Phi) is 2.78. The van der Waals surface area contributed by atoms with E-state index in [1.807, 2.05) is 23.6 Å². The van der Waals surface area contributed by atoms with E-state index in [0.29, 0.717) is 0 Å². The first-order valence-electron chi connectivity index (χ1n) is 5.48. The van der Waals surface area contributed by atoms with Gasteiger partial charge in [-0.05, 0) is 23.6 Å². The monoisotopic (exact) mass is 254 g/mol. The van der Waals surface area contributed by atoms with Crippen LogP contribution >= 0.6 is 11.3 Å². The zero-order valence-corrected chi connectivity index (χ0v) is 10.3. The van der Waals surface area contributed by atoms with Crippen molar-refractivity contribution in [3.63, 3.8) is 0 Å². The number of hydrogen-bond donors (Lipinski definition) is 1. The van der Waals surface area contributed by atoms with Crippen LogP contribution in [0.4, 0.5) is 0 Å². The highest BCUT2D eigenvalue weighted by Gasteiger charge is 2.05. The summed E-state index contributed by atoms with van der Waals surface area (Å²) in [5.74, 6) is 0.232. The fraction of sp³-hybridized carbons (Fsp3) is 0. The highest BCUT2D eigenvalue weighted by molar-refractivity contribution is 7.13. The van der Waals surface area contributed by atoms with E-state index in [4.69, 9.17) is 0 Å². The lowest BCUT2D eigenvalue weighted by molar-refractivity contribution is 0.475. The number of phenols is 1. The highest BCUT2D eigenvalue weighted by Crippen LogP contribution is 2.26. The van der Waals surface area contributed by atoms with Gasteiger partial charge in [0, 0.05) is 5.56 Å². The molecule has 0 radical (unpaired) electrons. The molecule has 4 heteroatoms. The van der Waals surface area contributed by atoms with Crippen molar-refractivity contribution in [2.75, 3.05) is 0 Å². The average molecular weight is 254 g/mol. The summed E-state index contributed by atoms with van der Waals surface area (Å²) in [4.78, 5) is 9.86. The van der Waals surface area contributed by atoms with E-state index in [1.54, 1.807) is 41.9 Å². The second kappa shape index (κ2) is 4.58. The number of rotatable bonds is 2. The molecule has 0 atom stereocenters. The van der Waals surface area contributed by atoms with Crippen LogP contribution in [0.2, 0.25) is 0 Å². The third-order valence-electron chi connectivity index (χ3n) is 2.55. The number of phenolic OH excluding ortho intramolecular Hbond substituents is 1. The first kappa shape index (κ1) is 10.9. The van der Waals surface area contributed by atoms with Crippen molar-refractivity contribution >= 4 is 11.3 Å². The molecule has 18 heavy (non-hydrogen) atoms. The van der Waals surface area contributed by atoms with Crippen LogP contribution in [0.1, 0.15) is 0 Å². The number of aromatic nitrogens is 2. The van der Waals surface area contributed by atoms with Gasteiger partial charge in [0.05, 0.1) is 28.7 Å². The third-order valence-corrected chi connectivity index (χ3v) is 3.44. The molecule has 0 saturated heterocycles. The summed E-state index contributed by atoms with van der Waals surface area (Å²) >= 11 is 1.63. The van der Waals surface area contributed by atoms with E-state index < -0.39 is 0 Å². The van der Waals surface area contributed by atoms with Crippen LogP contribution in [-0.2, 0) is 0 Å². The standard InChI is InChI=1S/C14H10N2OS/c17-11-4-1-3-10(7-11)12-8-15-9-13(16-12)14-5-2-6-18-14/h1-9,17H. The summed E-state index contributed by atoms with van der Waals surface area (Å²) < 4.78 is 0. The van der Waals surface area contributed by atoms with Crippen LogP contribution in [0.5, 0.6) is 5.75 Å². The van der Waals surface area contributed by atoms with Crippen LogP contribution in [0.25, 0.3) is 21.8 Å². The Bertz CT molecular complexity index is 665. The summed E-state index contributed by atoms with van der Waals surface area (Å²) in [6.45, 7) is 0. The SMILES string of the molecule is Oc1cccc(-c2cncc(-c3cccs3)n2)c1. The Morgan fingerprint density at radius 1 is 1.00 bits per heavy atom. The molecule has 1 aromatic carbocycles. The minimum absolute atomic E-state index is 0.232. The fourth-order valence-corrected chi connectivity index (χ4v) is 2.39. The Balaban J connectivity index is 2.06. The van der Waals surface area contributed by atoms with E-state index in [1.165, 1.54) is 0 Å². The molecule has 0 aliphatic carbocycles. The van der Waals surface area contributed by atoms with Gasteiger partial charge in [0.25, 0.3) is 0 Å². The van der Waals surface area contributed by atoms with Gasteiger partial charge in [-0.1, -0.05) is 18.2 Å². The number of hydrogen-bond acceptors (Lipinski definition) is 4. The molecule has 0 saturated carbocycles. The Morgan fingerprint density at radius 2 is 1.89 bits per heavy atom. The summed E-state index contributed by atoms with van der Waals surface area (Å²) in [5, 5.41) is 11.5. The maximum Gasteiger partial charge on any atom is 0.116 e. The van der Waals surface area contributed by atoms with Gasteiger partial charge in [-0.15, -0.1) is 11.3 Å². The second-order valence-electron chi connectivity index (χ2n) is 3.82. The number of thiophene rings is 1. The normalized spacial score (nSPS) is 10.4. The van der Waals surface area contributed by atoms with Crippen LogP contribution in [0.15, 0.2) is 54.2 Å².